The third kappa shape index (κ3) is 3.71. The largest absolute Gasteiger partial charge is 0.309 e. The number of rotatable bonds is 2. The van der Waals surface area contributed by atoms with Crippen LogP contribution in [0.3, 0.4) is 0 Å². The maximum atomic E-state index is 2.49. The van der Waals surface area contributed by atoms with Crippen LogP contribution in [0.5, 0.6) is 0 Å². The predicted molar refractivity (Wildman–Crippen MR) is 221 cm³/mol. The van der Waals surface area contributed by atoms with E-state index in [4.69, 9.17) is 0 Å². The van der Waals surface area contributed by atoms with Gasteiger partial charge in [0, 0.05) is 52.5 Å². The first kappa shape index (κ1) is 27.4. The molecule has 12 rings (SSSR count). The van der Waals surface area contributed by atoms with Gasteiger partial charge in [0.2, 0.25) is 0 Å². The molecule has 3 heterocycles. The number of aromatic nitrogens is 2. The molecule has 0 bridgehead atoms. The zero-order valence-corrected chi connectivity index (χ0v) is 28.3. The number of hydrogen-bond donors (Lipinski definition) is 0. The highest BCUT2D eigenvalue weighted by Gasteiger charge is 2.20. The fourth-order valence-corrected chi connectivity index (χ4v) is 9.98. The van der Waals surface area contributed by atoms with Crippen LogP contribution in [0.2, 0.25) is 0 Å². The number of thiophene rings is 1. The van der Waals surface area contributed by atoms with E-state index in [1.165, 1.54) is 107 Å². The van der Waals surface area contributed by atoms with Gasteiger partial charge in [0.25, 0.3) is 0 Å². The lowest BCUT2D eigenvalue weighted by Crippen LogP contribution is -1.95. The number of benzene rings is 9. The minimum absolute atomic E-state index is 1.21. The lowest BCUT2D eigenvalue weighted by molar-refractivity contribution is 1.20. The van der Waals surface area contributed by atoms with Crippen molar-refractivity contribution in [1.82, 2.24) is 9.13 Å². The molecule has 9 aromatic carbocycles. The van der Waals surface area contributed by atoms with E-state index in [-0.39, 0.29) is 0 Å². The van der Waals surface area contributed by atoms with E-state index in [0.29, 0.717) is 0 Å². The van der Waals surface area contributed by atoms with Crippen molar-refractivity contribution in [2.75, 3.05) is 0 Å². The number of nitrogens with zero attached hydrogens (tertiary/aromatic N) is 2. The summed E-state index contributed by atoms with van der Waals surface area (Å²) in [4.78, 5) is 0. The highest BCUT2D eigenvalue weighted by molar-refractivity contribution is 7.26. The second-order valence-electron chi connectivity index (χ2n) is 13.7. The number of fused-ring (bicyclic) bond motifs is 13. The fraction of sp³-hybridized carbons (Fsp3) is 0. The normalized spacial score (nSPS) is 12.3. The van der Waals surface area contributed by atoms with Crippen molar-refractivity contribution in [3.05, 3.63) is 170 Å². The summed E-state index contributed by atoms with van der Waals surface area (Å²) >= 11 is 1.90. The summed E-state index contributed by atoms with van der Waals surface area (Å²) in [6.45, 7) is 0. The van der Waals surface area contributed by atoms with Crippen LogP contribution in [0, 0.1) is 0 Å². The van der Waals surface area contributed by atoms with E-state index < -0.39 is 0 Å². The Morgan fingerprint density at radius 1 is 0.275 bits per heavy atom. The van der Waals surface area contributed by atoms with Crippen molar-refractivity contribution in [3.8, 4) is 11.4 Å². The van der Waals surface area contributed by atoms with Gasteiger partial charge in [-0.05, 0) is 70.1 Å². The van der Waals surface area contributed by atoms with Crippen LogP contribution < -0.4 is 0 Å². The summed E-state index contributed by atoms with van der Waals surface area (Å²) in [6, 6.07) is 62.9. The summed E-state index contributed by atoms with van der Waals surface area (Å²) in [5.74, 6) is 0. The van der Waals surface area contributed by atoms with Crippen molar-refractivity contribution < 1.29 is 0 Å². The van der Waals surface area contributed by atoms with Crippen LogP contribution in [0.4, 0.5) is 0 Å². The Labute approximate surface area is 296 Å². The van der Waals surface area contributed by atoms with Crippen LogP contribution in [-0.2, 0) is 0 Å². The molecule has 236 valence electrons. The molecular weight excluding hydrogens is 637 g/mol. The minimum atomic E-state index is 1.21. The lowest BCUT2D eigenvalue weighted by Gasteiger charge is -2.13. The summed E-state index contributed by atoms with van der Waals surface area (Å²) in [5, 5.41) is 15.4. The van der Waals surface area contributed by atoms with Gasteiger partial charge in [-0.15, -0.1) is 11.3 Å². The van der Waals surface area contributed by atoms with E-state index in [2.05, 4.69) is 179 Å². The van der Waals surface area contributed by atoms with Gasteiger partial charge in [-0.2, -0.15) is 0 Å². The standard InChI is InChI=1S/C48H28N2S/c1-3-14-31-30(12-1)23-24-36-33(31)18-10-22-44(36)50-42-19-7-5-16-34(42)37-25-39-40-26-45-38(27-47(40)51-48(39)28-46(37)50)35-17-6-8-20-43(35)49(45)41-21-9-13-29-11-2-4-15-32(29)41/h1-28H. The molecule has 2 nitrogen and oxygen atoms in total. The molecule has 0 amide bonds. The van der Waals surface area contributed by atoms with Crippen molar-refractivity contribution in [2.24, 2.45) is 0 Å². The predicted octanol–water partition coefficient (Wildman–Crippen LogP) is 13.7. The van der Waals surface area contributed by atoms with Crippen LogP contribution in [0.15, 0.2) is 170 Å². The fourth-order valence-electron chi connectivity index (χ4n) is 8.84. The Hall–Kier alpha value is -6.42. The van der Waals surface area contributed by atoms with E-state index in [0.717, 1.165) is 0 Å². The van der Waals surface area contributed by atoms with E-state index >= 15 is 0 Å². The summed E-state index contributed by atoms with van der Waals surface area (Å²) in [5.41, 5.74) is 7.38. The van der Waals surface area contributed by atoms with Crippen molar-refractivity contribution in [1.29, 1.82) is 0 Å². The molecule has 0 aliphatic heterocycles. The van der Waals surface area contributed by atoms with Gasteiger partial charge in [-0.1, -0.05) is 121 Å². The molecule has 0 saturated carbocycles. The quantitative estimate of drug-likeness (QED) is 0.163. The van der Waals surface area contributed by atoms with Crippen LogP contribution in [0.25, 0.3) is 107 Å². The first-order chi connectivity index (χ1) is 25.3. The Balaban J connectivity index is 1.18. The second kappa shape index (κ2) is 10.1. The average molecular weight is 665 g/mol. The smallest absolute Gasteiger partial charge is 0.0555 e. The molecule has 0 aliphatic carbocycles. The van der Waals surface area contributed by atoms with Crippen LogP contribution >= 0.6 is 11.3 Å². The zero-order chi connectivity index (χ0) is 33.2. The average Bonchev–Trinajstić information content (AvgIpc) is 3.82. The summed E-state index contributed by atoms with van der Waals surface area (Å²) in [6.07, 6.45) is 0. The van der Waals surface area contributed by atoms with Gasteiger partial charge < -0.3 is 9.13 Å². The Kier molecular flexibility index (Phi) is 5.41. The molecule has 12 aromatic rings. The number of para-hydroxylation sites is 2. The zero-order valence-electron chi connectivity index (χ0n) is 27.5. The minimum Gasteiger partial charge on any atom is -0.309 e. The second-order valence-corrected chi connectivity index (χ2v) is 14.8. The van der Waals surface area contributed by atoms with E-state index in [1.54, 1.807) is 0 Å². The molecule has 3 heteroatoms. The maximum absolute atomic E-state index is 2.49. The summed E-state index contributed by atoms with van der Waals surface area (Å²) < 4.78 is 7.59. The van der Waals surface area contributed by atoms with Crippen molar-refractivity contribution in [2.45, 2.75) is 0 Å². The third-order valence-electron chi connectivity index (χ3n) is 11.1. The van der Waals surface area contributed by atoms with Gasteiger partial charge in [0.15, 0.2) is 0 Å². The SMILES string of the molecule is c1ccc2c(-n3c4ccccc4c4cc5sc6cc7c(cc6c5cc43)c3ccccc3n7-c3cccc4c3ccc3ccccc34)cccc2c1. The molecule has 0 atom stereocenters. The van der Waals surface area contributed by atoms with Gasteiger partial charge in [0.05, 0.1) is 33.4 Å². The lowest BCUT2D eigenvalue weighted by atomic mass is 10.0. The maximum Gasteiger partial charge on any atom is 0.0555 e. The highest BCUT2D eigenvalue weighted by Crippen LogP contribution is 2.45. The van der Waals surface area contributed by atoms with E-state index in [1.807, 2.05) is 11.3 Å². The molecule has 0 N–H and O–H groups in total. The van der Waals surface area contributed by atoms with Crippen LogP contribution in [0.1, 0.15) is 0 Å². The number of hydrogen-bond acceptors (Lipinski definition) is 1. The van der Waals surface area contributed by atoms with Gasteiger partial charge in [-0.25, -0.2) is 0 Å². The molecule has 0 aliphatic rings. The first-order valence-corrected chi connectivity index (χ1v) is 18.3. The highest BCUT2D eigenvalue weighted by atomic mass is 32.1. The molecule has 3 aromatic heterocycles. The van der Waals surface area contributed by atoms with Crippen LogP contribution in [-0.4, -0.2) is 9.13 Å². The molecule has 0 spiro atoms. The molecule has 0 fully saturated rings. The first-order valence-electron chi connectivity index (χ1n) is 17.5. The third-order valence-corrected chi connectivity index (χ3v) is 12.2. The Morgan fingerprint density at radius 3 is 1.55 bits per heavy atom. The molecule has 0 radical (unpaired) electrons. The molecular formula is C48H28N2S. The molecule has 0 saturated heterocycles. The van der Waals surface area contributed by atoms with E-state index in [9.17, 15) is 0 Å². The Bertz CT molecular complexity index is 3420. The molecule has 51 heavy (non-hydrogen) atoms. The Morgan fingerprint density at radius 2 is 0.784 bits per heavy atom. The monoisotopic (exact) mass is 664 g/mol. The summed E-state index contributed by atoms with van der Waals surface area (Å²) in [7, 11) is 0. The van der Waals surface area contributed by atoms with Crippen molar-refractivity contribution >= 4 is 107 Å². The van der Waals surface area contributed by atoms with Gasteiger partial charge in [0.1, 0.15) is 0 Å². The molecule has 0 unspecified atom stereocenters. The van der Waals surface area contributed by atoms with Crippen molar-refractivity contribution in [3.63, 3.8) is 0 Å². The van der Waals surface area contributed by atoms with Gasteiger partial charge >= 0.3 is 0 Å². The topological polar surface area (TPSA) is 9.86 Å². The van der Waals surface area contributed by atoms with Gasteiger partial charge in [-0.3, -0.25) is 0 Å².